The van der Waals surface area contributed by atoms with Crippen molar-refractivity contribution in [2.75, 3.05) is 0 Å². The third kappa shape index (κ3) is 1.30. The largest absolute Gasteiger partial charge is 0.311 e. The van der Waals surface area contributed by atoms with E-state index in [0.717, 1.165) is 5.37 Å². The minimum atomic E-state index is -1.14. The molecule has 0 aliphatic heterocycles. The van der Waals surface area contributed by atoms with Crippen molar-refractivity contribution in [1.82, 2.24) is 9.97 Å². The summed E-state index contributed by atoms with van der Waals surface area (Å²) in [6.45, 7) is 0. The first kappa shape index (κ1) is 7.14. The molecular formula is C5HF2N2S. The molecule has 0 aliphatic rings. The molecule has 0 fully saturated rings. The fourth-order valence-electron chi connectivity index (χ4n) is 0.394. The zero-order valence-corrected chi connectivity index (χ0v) is 5.45. The Hall–Kier alpha value is -0.970. The molecule has 0 N–H and O–H groups in total. The lowest BCUT2D eigenvalue weighted by molar-refractivity contribution is 0.480. The zero-order chi connectivity index (χ0) is 7.56. The third-order valence-corrected chi connectivity index (χ3v) is 1.03. The lowest BCUT2D eigenvalue weighted by Gasteiger charge is -1.89. The van der Waals surface area contributed by atoms with E-state index in [0.29, 0.717) is 0 Å². The van der Waals surface area contributed by atoms with E-state index in [4.69, 9.17) is 0 Å². The summed E-state index contributed by atoms with van der Waals surface area (Å²) in [6, 6.07) is 0. The Kier molecular flexibility index (Phi) is 1.96. The number of aromatic nitrogens is 2. The Labute approximate surface area is 60.9 Å². The van der Waals surface area contributed by atoms with Gasteiger partial charge in [-0.05, 0) is 0 Å². The van der Waals surface area contributed by atoms with Crippen LogP contribution in [0.15, 0.2) is 0 Å². The average Bonchev–Trinajstić information content (AvgIpc) is 1.88. The molecule has 0 unspecified atom stereocenters. The smallest absolute Gasteiger partial charge is 0.200 e. The van der Waals surface area contributed by atoms with Gasteiger partial charge in [-0.3, -0.25) is 0 Å². The van der Waals surface area contributed by atoms with Crippen LogP contribution in [0.2, 0.25) is 0 Å². The molecule has 0 spiro atoms. The van der Waals surface area contributed by atoms with Gasteiger partial charge in [0.1, 0.15) is 6.20 Å². The maximum Gasteiger partial charge on any atom is 0.311 e. The van der Waals surface area contributed by atoms with Crippen LogP contribution < -0.4 is 0 Å². The van der Waals surface area contributed by atoms with Gasteiger partial charge in [0, 0.05) is 5.37 Å². The molecule has 1 rings (SSSR count). The molecule has 1 aromatic heterocycles. The molecule has 0 aliphatic carbocycles. The van der Waals surface area contributed by atoms with Gasteiger partial charge in [0.25, 0.3) is 0 Å². The molecule has 1 radical (unpaired) electrons. The van der Waals surface area contributed by atoms with Crippen molar-refractivity contribution in [3.05, 3.63) is 23.8 Å². The van der Waals surface area contributed by atoms with Crippen molar-refractivity contribution in [3.63, 3.8) is 0 Å². The minimum Gasteiger partial charge on any atom is -0.200 e. The molecule has 2 nitrogen and oxygen atoms in total. The van der Waals surface area contributed by atoms with E-state index >= 15 is 0 Å². The number of thiocarbonyl (C=S) groups is 1. The molecule has 0 bridgehead atoms. The molecule has 5 heteroatoms. The van der Waals surface area contributed by atoms with Crippen LogP contribution in [0.3, 0.4) is 0 Å². The van der Waals surface area contributed by atoms with Gasteiger partial charge in [-0.15, -0.1) is 0 Å². The van der Waals surface area contributed by atoms with Gasteiger partial charge < -0.3 is 0 Å². The van der Waals surface area contributed by atoms with E-state index in [2.05, 4.69) is 22.2 Å². The van der Waals surface area contributed by atoms with Gasteiger partial charge >= 0.3 is 6.08 Å². The van der Waals surface area contributed by atoms with Crippen molar-refractivity contribution < 1.29 is 8.78 Å². The van der Waals surface area contributed by atoms with E-state index in [9.17, 15) is 8.78 Å². The first-order valence-corrected chi connectivity index (χ1v) is 2.77. The molecule has 0 atom stereocenters. The second-order valence-electron chi connectivity index (χ2n) is 1.43. The predicted octanol–water partition coefficient (Wildman–Crippen LogP) is 0.903. The highest BCUT2D eigenvalue weighted by Gasteiger charge is 2.02. The summed E-state index contributed by atoms with van der Waals surface area (Å²) >= 11 is 4.35. The van der Waals surface area contributed by atoms with Gasteiger partial charge in [-0.2, -0.15) is 18.7 Å². The molecule has 1 aromatic rings. The summed E-state index contributed by atoms with van der Waals surface area (Å²) in [4.78, 5) is 5.74. The van der Waals surface area contributed by atoms with Crippen molar-refractivity contribution >= 4 is 17.6 Å². The van der Waals surface area contributed by atoms with Gasteiger partial charge in [0.15, 0.2) is 0 Å². The van der Waals surface area contributed by atoms with Crippen LogP contribution in [0.1, 0.15) is 5.56 Å². The Morgan fingerprint density at radius 1 is 1.50 bits per heavy atom. The summed E-state index contributed by atoms with van der Waals surface area (Å²) in [5.74, 6) is -0.984. The van der Waals surface area contributed by atoms with Crippen LogP contribution in [0, 0.1) is 18.2 Å². The fourth-order valence-corrected chi connectivity index (χ4v) is 0.544. The Balaban J connectivity index is 3.19. The Morgan fingerprint density at radius 2 is 2.20 bits per heavy atom. The SMILES string of the molecule is Fc1n[c]c(C=S)c(F)n1. The fraction of sp³-hybridized carbons (Fsp3) is 0. The standard InChI is InChI=1S/C5HF2N2S/c6-4-3(2-10)1-8-5(7)9-4/h2H. The predicted molar refractivity (Wildman–Crippen MR) is 33.5 cm³/mol. The molecule has 0 saturated heterocycles. The van der Waals surface area contributed by atoms with Crippen LogP contribution in [-0.2, 0) is 0 Å². The number of hydrogen-bond donors (Lipinski definition) is 0. The van der Waals surface area contributed by atoms with E-state index in [-0.39, 0.29) is 5.56 Å². The highest BCUT2D eigenvalue weighted by molar-refractivity contribution is 7.79. The van der Waals surface area contributed by atoms with E-state index in [1.54, 1.807) is 0 Å². The Bertz CT molecular complexity index is 264. The molecule has 1 heterocycles. The van der Waals surface area contributed by atoms with Crippen LogP contribution in [0.25, 0.3) is 0 Å². The molecule has 51 valence electrons. The molecule has 0 amide bonds. The van der Waals surface area contributed by atoms with E-state index < -0.39 is 12.0 Å². The van der Waals surface area contributed by atoms with E-state index in [1.807, 2.05) is 6.20 Å². The van der Waals surface area contributed by atoms with Crippen molar-refractivity contribution in [1.29, 1.82) is 0 Å². The first-order chi connectivity index (χ1) is 4.74. The highest BCUT2D eigenvalue weighted by Crippen LogP contribution is 1.97. The van der Waals surface area contributed by atoms with E-state index in [1.165, 1.54) is 0 Å². The van der Waals surface area contributed by atoms with Gasteiger partial charge in [0.05, 0.1) is 5.56 Å². The summed E-state index contributed by atoms with van der Waals surface area (Å²) in [6.07, 6.45) is 0.892. The first-order valence-electron chi connectivity index (χ1n) is 2.30. The van der Waals surface area contributed by atoms with Gasteiger partial charge in [-0.25, -0.2) is 0 Å². The zero-order valence-electron chi connectivity index (χ0n) is 4.64. The van der Waals surface area contributed by atoms with Crippen LogP contribution in [0.4, 0.5) is 8.78 Å². The van der Waals surface area contributed by atoms with Crippen molar-refractivity contribution in [2.45, 2.75) is 0 Å². The molecule has 10 heavy (non-hydrogen) atoms. The maximum absolute atomic E-state index is 12.3. The number of rotatable bonds is 1. The monoisotopic (exact) mass is 159 g/mol. The number of nitrogens with zero attached hydrogens (tertiary/aromatic N) is 2. The number of halogens is 2. The minimum absolute atomic E-state index is 0.101. The quantitative estimate of drug-likeness (QED) is 0.346. The summed E-state index contributed by atoms with van der Waals surface area (Å²) in [7, 11) is 0. The number of hydrogen-bond acceptors (Lipinski definition) is 3. The highest BCUT2D eigenvalue weighted by atomic mass is 32.1. The maximum atomic E-state index is 12.3. The molecule has 0 saturated carbocycles. The van der Waals surface area contributed by atoms with Gasteiger partial charge in [0.2, 0.25) is 5.95 Å². The normalized spacial score (nSPS) is 9.40. The lowest BCUT2D eigenvalue weighted by atomic mass is 10.4. The topological polar surface area (TPSA) is 25.8 Å². The summed E-state index contributed by atoms with van der Waals surface area (Å²) in [5.41, 5.74) is -0.101. The van der Waals surface area contributed by atoms with Crippen LogP contribution in [0.5, 0.6) is 0 Å². The van der Waals surface area contributed by atoms with Crippen molar-refractivity contribution in [2.24, 2.45) is 0 Å². The van der Waals surface area contributed by atoms with Gasteiger partial charge in [-0.1, -0.05) is 12.2 Å². The summed E-state index contributed by atoms with van der Waals surface area (Å²) in [5, 5.41) is 0.995. The third-order valence-electron chi connectivity index (χ3n) is 0.799. The second-order valence-corrected chi connectivity index (χ2v) is 1.66. The lowest BCUT2D eigenvalue weighted by Crippen LogP contribution is -1.97. The van der Waals surface area contributed by atoms with Crippen molar-refractivity contribution in [3.8, 4) is 0 Å². The Morgan fingerprint density at radius 3 is 2.70 bits per heavy atom. The van der Waals surface area contributed by atoms with Crippen LogP contribution in [-0.4, -0.2) is 15.3 Å². The average molecular weight is 159 g/mol. The molecular weight excluding hydrogens is 158 g/mol. The summed E-state index contributed by atoms with van der Waals surface area (Å²) < 4.78 is 24.3. The van der Waals surface area contributed by atoms with Crippen LogP contribution >= 0.6 is 12.2 Å². The second kappa shape index (κ2) is 2.74. The molecule has 0 aromatic carbocycles.